The summed E-state index contributed by atoms with van der Waals surface area (Å²) in [6.45, 7) is 3.02. The first-order chi connectivity index (χ1) is 13.7. The minimum absolute atomic E-state index is 0.0750. The molecule has 7 nitrogen and oxygen atoms in total. The number of piperidine rings is 1. The molecule has 2 aromatic rings. The molecule has 1 fully saturated rings. The van der Waals surface area contributed by atoms with Crippen LogP contribution in [0.15, 0.2) is 36.5 Å². The molecule has 0 aliphatic carbocycles. The maximum absolute atomic E-state index is 12.6. The van der Waals surface area contributed by atoms with Crippen LogP contribution >= 0.6 is 0 Å². The van der Waals surface area contributed by atoms with Crippen LogP contribution in [0, 0.1) is 11.3 Å². The van der Waals surface area contributed by atoms with Crippen molar-refractivity contribution < 1.29 is 9.90 Å². The largest absolute Gasteiger partial charge is 0.395 e. The van der Waals surface area contributed by atoms with Crippen LogP contribution in [0.1, 0.15) is 40.9 Å². The number of hydrogen-bond donors (Lipinski definition) is 3. The minimum atomic E-state index is -0.345. The lowest BCUT2D eigenvalue weighted by molar-refractivity contribution is 0.102. The second kappa shape index (κ2) is 9.83. The molecule has 1 saturated heterocycles. The van der Waals surface area contributed by atoms with E-state index in [9.17, 15) is 10.1 Å². The number of pyridine rings is 1. The summed E-state index contributed by atoms with van der Waals surface area (Å²) in [5, 5.41) is 24.4. The van der Waals surface area contributed by atoms with Gasteiger partial charge in [-0.1, -0.05) is 12.1 Å². The van der Waals surface area contributed by atoms with Gasteiger partial charge in [0.2, 0.25) is 0 Å². The van der Waals surface area contributed by atoms with Gasteiger partial charge in [0.25, 0.3) is 5.91 Å². The van der Waals surface area contributed by atoms with Crippen LogP contribution in [0.4, 0.5) is 11.4 Å². The molecule has 0 unspecified atom stereocenters. The number of anilines is 2. The maximum atomic E-state index is 12.6. The maximum Gasteiger partial charge on any atom is 0.274 e. The molecule has 28 heavy (non-hydrogen) atoms. The Morgan fingerprint density at radius 1 is 1.21 bits per heavy atom. The van der Waals surface area contributed by atoms with Crippen molar-refractivity contribution in [3.05, 3.63) is 53.3 Å². The fourth-order valence-electron chi connectivity index (χ4n) is 3.32. The zero-order chi connectivity index (χ0) is 19.8. The van der Waals surface area contributed by atoms with Crippen molar-refractivity contribution >= 4 is 17.3 Å². The topological polar surface area (TPSA) is 101 Å². The van der Waals surface area contributed by atoms with Crippen molar-refractivity contribution in [3.8, 4) is 6.07 Å². The number of amides is 1. The average Bonchev–Trinajstić information content (AvgIpc) is 2.75. The van der Waals surface area contributed by atoms with E-state index in [2.05, 4.69) is 26.6 Å². The van der Waals surface area contributed by atoms with Crippen molar-refractivity contribution in [2.45, 2.75) is 25.8 Å². The third-order valence-electron chi connectivity index (χ3n) is 4.77. The standard InChI is InChI=1S/C21H25N5O2/c22-13-17-18(5-4-6-20(17)26-10-2-1-3-11-26)25-21(28)19-8-7-16(15-24-19)14-23-9-12-27/h4-8,15,23,27H,1-3,9-12,14H2,(H,25,28). The number of nitriles is 1. The highest BCUT2D eigenvalue weighted by Gasteiger charge is 2.18. The Labute approximate surface area is 165 Å². The number of nitrogens with zero attached hydrogens (tertiary/aromatic N) is 3. The van der Waals surface area contributed by atoms with Gasteiger partial charge in [-0.05, 0) is 43.0 Å². The monoisotopic (exact) mass is 379 g/mol. The second-order valence-corrected chi connectivity index (χ2v) is 6.77. The van der Waals surface area contributed by atoms with Gasteiger partial charge in [0.05, 0.1) is 23.5 Å². The molecule has 1 amide bonds. The Hall–Kier alpha value is -2.95. The molecule has 0 radical (unpaired) electrons. The quantitative estimate of drug-likeness (QED) is 0.638. The Bertz CT molecular complexity index is 839. The van der Waals surface area contributed by atoms with Gasteiger partial charge in [-0.3, -0.25) is 9.78 Å². The first kappa shape index (κ1) is 19.8. The van der Waals surface area contributed by atoms with E-state index < -0.39 is 0 Å². The van der Waals surface area contributed by atoms with E-state index in [0.29, 0.717) is 24.3 Å². The average molecular weight is 379 g/mol. The second-order valence-electron chi connectivity index (χ2n) is 6.77. The van der Waals surface area contributed by atoms with Crippen LogP contribution in [0.25, 0.3) is 0 Å². The van der Waals surface area contributed by atoms with E-state index in [1.54, 1.807) is 18.3 Å². The molecule has 1 aliphatic heterocycles. The van der Waals surface area contributed by atoms with Gasteiger partial charge in [0, 0.05) is 32.4 Å². The molecule has 1 aromatic carbocycles. The van der Waals surface area contributed by atoms with Crippen LogP contribution < -0.4 is 15.5 Å². The highest BCUT2D eigenvalue weighted by atomic mass is 16.3. The van der Waals surface area contributed by atoms with E-state index in [1.165, 1.54) is 6.42 Å². The van der Waals surface area contributed by atoms with Crippen molar-refractivity contribution in [1.82, 2.24) is 10.3 Å². The summed E-state index contributed by atoms with van der Waals surface area (Å²) < 4.78 is 0. The van der Waals surface area contributed by atoms with Crippen LogP contribution in [0.2, 0.25) is 0 Å². The first-order valence-corrected chi connectivity index (χ1v) is 9.59. The summed E-state index contributed by atoms with van der Waals surface area (Å²) in [6.07, 6.45) is 5.08. The minimum Gasteiger partial charge on any atom is -0.395 e. The molecule has 1 aromatic heterocycles. The number of carbonyl (C=O) groups excluding carboxylic acids is 1. The van der Waals surface area contributed by atoms with Crippen molar-refractivity contribution in [2.75, 3.05) is 36.5 Å². The summed E-state index contributed by atoms with van der Waals surface area (Å²) in [7, 11) is 0. The summed E-state index contributed by atoms with van der Waals surface area (Å²) in [5.41, 5.74) is 3.08. The highest BCUT2D eigenvalue weighted by Crippen LogP contribution is 2.29. The highest BCUT2D eigenvalue weighted by molar-refractivity contribution is 6.04. The number of benzene rings is 1. The molecule has 2 heterocycles. The van der Waals surface area contributed by atoms with Gasteiger partial charge < -0.3 is 20.6 Å². The Morgan fingerprint density at radius 3 is 2.71 bits per heavy atom. The van der Waals surface area contributed by atoms with E-state index >= 15 is 0 Å². The molecule has 0 saturated carbocycles. The fourth-order valence-corrected chi connectivity index (χ4v) is 3.32. The SMILES string of the molecule is N#Cc1c(NC(=O)c2ccc(CNCCO)cn2)cccc1N1CCCCC1. The molecule has 7 heteroatoms. The third kappa shape index (κ3) is 4.85. The van der Waals surface area contributed by atoms with Crippen molar-refractivity contribution in [2.24, 2.45) is 0 Å². The van der Waals surface area contributed by atoms with Gasteiger partial charge in [-0.25, -0.2) is 0 Å². The van der Waals surface area contributed by atoms with Gasteiger partial charge in [-0.2, -0.15) is 5.26 Å². The van der Waals surface area contributed by atoms with Crippen LogP contribution in [0.3, 0.4) is 0 Å². The molecule has 3 rings (SSSR count). The molecule has 1 aliphatic rings. The molecular weight excluding hydrogens is 354 g/mol. The molecule has 3 N–H and O–H groups in total. The molecular formula is C21H25N5O2. The smallest absolute Gasteiger partial charge is 0.274 e. The number of aliphatic hydroxyl groups excluding tert-OH is 1. The number of hydrogen-bond acceptors (Lipinski definition) is 6. The molecule has 0 spiro atoms. The lowest BCUT2D eigenvalue weighted by atomic mass is 10.1. The zero-order valence-corrected chi connectivity index (χ0v) is 15.8. The first-order valence-electron chi connectivity index (χ1n) is 9.59. The third-order valence-corrected chi connectivity index (χ3v) is 4.77. The van der Waals surface area contributed by atoms with Crippen LogP contribution in [-0.2, 0) is 6.54 Å². The van der Waals surface area contributed by atoms with Crippen LogP contribution in [0.5, 0.6) is 0 Å². The zero-order valence-electron chi connectivity index (χ0n) is 15.8. The number of rotatable bonds is 7. The Balaban J connectivity index is 1.72. The normalized spacial score (nSPS) is 13.8. The Morgan fingerprint density at radius 2 is 2.04 bits per heavy atom. The number of aromatic nitrogens is 1. The van der Waals surface area contributed by atoms with Crippen molar-refractivity contribution in [1.29, 1.82) is 5.26 Å². The number of aliphatic hydroxyl groups is 1. The number of carbonyl (C=O) groups is 1. The predicted molar refractivity (Wildman–Crippen MR) is 108 cm³/mol. The van der Waals surface area contributed by atoms with Gasteiger partial charge in [0.15, 0.2) is 0 Å². The van der Waals surface area contributed by atoms with E-state index in [0.717, 1.165) is 37.2 Å². The van der Waals surface area contributed by atoms with E-state index in [4.69, 9.17) is 5.11 Å². The summed E-state index contributed by atoms with van der Waals surface area (Å²) in [6, 6.07) is 11.3. The number of nitrogens with one attached hydrogen (secondary N) is 2. The Kier molecular flexibility index (Phi) is 6.95. The van der Waals surface area contributed by atoms with Crippen LogP contribution in [-0.4, -0.2) is 42.2 Å². The lowest BCUT2D eigenvalue weighted by Crippen LogP contribution is -2.30. The van der Waals surface area contributed by atoms with Gasteiger partial charge in [-0.15, -0.1) is 0 Å². The van der Waals surface area contributed by atoms with E-state index in [1.807, 2.05) is 18.2 Å². The van der Waals surface area contributed by atoms with Gasteiger partial charge >= 0.3 is 0 Å². The predicted octanol–water partition coefficient (Wildman–Crippen LogP) is 2.28. The van der Waals surface area contributed by atoms with Crippen molar-refractivity contribution in [3.63, 3.8) is 0 Å². The molecule has 0 atom stereocenters. The summed E-state index contributed by atoms with van der Waals surface area (Å²) in [5.74, 6) is -0.345. The molecule has 146 valence electrons. The molecule has 0 bridgehead atoms. The lowest BCUT2D eigenvalue weighted by Gasteiger charge is -2.30. The fraction of sp³-hybridized carbons (Fsp3) is 0.381. The summed E-state index contributed by atoms with van der Waals surface area (Å²) >= 11 is 0. The van der Waals surface area contributed by atoms with E-state index in [-0.39, 0.29) is 18.2 Å². The summed E-state index contributed by atoms with van der Waals surface area (Å²) in [4.78, 5) is 19.0. The van der Waals surface area contributed by atoms with Gasteiger partial charge in [0.1, 0.15) is 11.8 Å².